The first-order valence-electron chi connectivity index (χ1n) is 7.97. The zero-order valence-electron chi connectivity index (χ0n) is 14.3. The van der Waals surface area contributed by atoms with Gasteiger partial charge >= 0.3 is 0 Å². The molecule has 1 aromatic heterocycles. The fraction of sp³-hybridized carbons (Fsp3) is 0.211. The Morgan fingerprint density at radius 2 is 1.84 bits per heavy atom. The topological polar surface area (TPSA) is 64.1 Å². The summed E-state index contributed by atoms with van der Waals surface area (Å²) >= 11 is 1.33. The number of amides is 1. The van der Waals surface area contributed by atoms with Gasteiger partial charge < -0.3 is 4.74 Å². The van der Waals surface area contributed by atoms with Gasteiger partial charge in [0.1, 0.15) is 10.8 Å². The number of nitrogens with zero attached hydrogens (tertiary/aromatic N) is 2. The molecule has 0 aliphatic carbocycles. The Labute approximate surface area is 150 Å². The molecule has 0 spiro atoms. The molecule has 0 saturated heterocycles. The summed E-state index contributed by atoms with van der Waals surface area (Å²) in [5, 5.41) is 12.1. The number of rotatable bonds is 5. The molecule has 0 radical (unpaired) electrons. The quantitative estimate of drug-likeness (QED) is 0.745. The van der Waals surface area contributed by atoms with Gasteiger partial charge in [-0.2, -0.15) is 0 Å². The van der Waals surface area contributed by atoms with Crippen molar-refractivity contribution < 1.29 is 9.53 Å². The van der Waals surface area contributed by atoms with Gasteiger partial charge in [0.15, 0.2) is 6.10 Å². The van der Waals surface area contributed by atoms with E-state index in [0.29, 0.717) is 10.9 Å². The number of aromatic nitrogens is 2. The maximum atomic E-state index is 12.4. The molecule has 25 heavy (non-hydrogen) atoms. The highest BCUT2D eigenvalue weighted by atomic mass is 32.1. The first-order chi connectivity index (χ1) is 12.0. The number of benzene rings is 2. The van der Waals surface area contributed by atoms with Gasteiger partial charge in [0.2, 0.25) is 5.13 Å². The predicted octanol–water partition coefficient (Wildman–Crippen LogP) is 4.23. The predicted molar refractivity (Wildman–Crippen MR) is 100.0 cm³/mol. The molecule has 1 amide bonds. The van der Waals surface area contributed by atoms with Crippen molar-refractivity contribution in [2.45, 2.75) is 26.9 Å². The van der Waals surface area contributed by atoms with E-state index in [2.05, 4.69) is 15.5 Å². The summed E-state index contributed by atoms with van der Waals surface area (Å²) in [7, 11) is 0. The van der Waals surface area contributed by atoms with Crippen LogP contribution in [0, 0.1) is 13.8 Å². The van der Waals surface area contributed by atoms with Crippen LogP contribution in [-0.2, 0) is 4.79 Å². The zero-order chi connectivity index (χ0) is 17.8. The van der Waals surface area contributed by atoms with Crippen molar-refractivity contribution in [3.8, 4) is 16.3 Å². The summed E-state index contributed by atoms with van der Waals surface area (Å²) in [5.74, 6) is 0.460. The third-order valence-electron chi connectivity index (χ3n) is 3.90. The molecule has 0 aliphatic heterocycles. The molecule has 1 heterocycles. The Morgan fingerprint density at radius 1 is 1.08 bits per heavy atom. The zero-order valence-corrected chi connectivity index (χ0v) is 15.1. The van der Waals surface area contributed by atoms with Crippen LogP contribution in [0.25, 0.3) is 10.6 Å². The fourth-order valence-corrected chi connectivity index (χ4v) is 3.03. The normalized spacial score (nSPS) is 11.8. The molecule has 6 heteroatoms. The average molecular weight is 353 g/mol. The minimum absolute atomic E-state index is 0.253. The molecule has 1 atom stereocenters. The Bertz CT molecular complexity index is 877. The molecular formula is C19H19N3O2S. The van der Waals surface area contributed by atoms with E-state index in [1.165, 1.54) is 11.3 Å². The summed E-state index contributed by atoms with van der Waals surface area (Å²) in [4.78, 5) is 12.4. The van der Waals surface area contributed by atoms with Gasteiger partial charge in [-0.3, -0.25) is 10.1 Å². The number of hydrogen-bond acceptors (Lipinski definition) is 5. The molecule has 0 bridgehead atoms. The molecule has 5 nitrogen and oxygen atoms in total. The van der Waals surface area contributed by atoms with Crippen molar-refractivity contribution >= 4 is 22.4 Å². The first-order valence-corrected chi connectivity index (χ1v) is 8.79. The number of ether oxygens (including phenoxy) is 1. The smallest absolute Gasteiger partial charge is 0.266 e. The van der Waals surface area contributed by atoms with Crippen LogP contribution in [0.2, 0.25) is 0 Å². The summed E-state index contributed by atoms with van der Waals surface area (Å²) in [6.45, 7) is 5.71. The lowest BCUT2D eigenvalue weighted by Crippen LogP contribution is -2.30. The van der Waals surface area contributed by atoms with Gasteiger partial charge in [-0.1, -0.05) is 53.8 Å². The number of carbonyl (C=O) groups excluding carboxylic acids is 1. The summed E-state index contributed by atoms with van der Waals surface area (Å²) in [6, 6.07) is 15.5. The minimum Gasteiger partial charge on any atom is -0.481 e. The van der Waals surface area contributed by atoms with Crippen LogP contribution in [0.4, 0.5) is 5.13 Å². The maximum Gasteiger partial charge on any atom is 0.266 e. The van der Waals surface area contributed by atoms with Gasteiger partial charge in [-0.05, 0) is 38.0 Å². The summed E-state index contributed by atoms with van der Waals surface area (Å²) < 4.78 is 5.80. The standard InChI is InChI=1S/C19H19N3O2S/c1-12-8-7-11-16(13(12)2)24-14(3)17(23)20-19-22-21-18(25-19)15-9-5-4-6-10-15/h4-11,14H,1-3H3,(H,20,22,23)/t14-/m0/s1. The van der Waals surface area contributed by atoms with Crippen molar-refractivity contribution in [1.82, 2.24) is 10.2 Å². The van der Waals surface area contributed by atoms with Gasteiger partial charge in [-0.15, -0.1) is 10.2 Å². The fourth-order valence-electron chi connectivity index (χ4n) is 2.27. The third kappa shape index (κ3) is 4.03. The SMILES string of the molecule is Cc1cccc(O[C@@H](C)C(=O)Nc2nnc(-c3ccccc3)s2)c1C. The lowest BCUT2D eigenvalue weighted by atomic mass is 10.1. The van der Waals surface area contributed by atoms with Crippen LogP contribution in [0.15, 0.2) is 48.5 Å². The van der Waals surface area contributed by atoms with Crippen LogP contribution >= 0.6 is 11.3 Å². The molecular weight excluding hydrogens is 334 g/mol. The molecule has 0 aliphatic rings. The number of carbonyl (C=O) groups is 1. The lowest BCUT2D eigenvalue weighted by Gasteiger charge is -2.16. The largest absolute Gasteiger partial charge is 0.481 e. The van der Waals surface area contributed by atoms with Crippen molar-refractivity contribution in [1.29, 1.82) is 0 Å². The summed E-state index contributed by atoms with van der Waals surface area (Å²) in [6.07, 6.45) is -0.635. The van der Waals surface area contributed by atoms with E-state index >= 15 is 0 Å². The van der Waals surface area contributed by atoms with Crippen molar-refractivity contribution in [2.75, 3.05) is 5.32 Å². The van der Waals surface area contributed by atoms with Crippen LogP contribution < -0.4 is 10.1 Å². The molecule has 3 rings (SSSR count). The Balaban J connectivity index is 1.66. The number of hydrogen-bond donors (Lipinski definition) is 1. The number of aryl methyl sites for hydroxylation is 1. The highest BCUT2D eigenvalue weighted by molar-refractivity contribution is 7.18. The average Bonchev–Trinajstić information content (AvgIpc) is 3.08. The molecule has 0 unspecified atom stereocenters. The second-order valence-corrected chi connectivity index (χ2v) is 6.70. The molecule has 3 aromatic rings. The second kappa shape index (κ2) is 7.44. The van der Waals surface area contributed by atoms with Gasteiger partial charge in [0.25, 0.3) is 5.91 Å². The van der Waals surface area contributed by atoms with E-state index in [9.17, 15) is 4.79 Å². The van der Waals surface area contributed by atoms with E-state index in [4.69, 9.17) is 4.74 Å². The Morgan fingerprint density at radius 3 is 2.60 bits per heavy atom. The van der Waals surface area contributed by atoms with Crippen molar-refractivity contribution in [2.24, 2.45) is 0 Å². The number of nitrogens with one attached hydrogen (secondary N) is 1. The molecule has 2 aromatic carbocycles. The van der Waals surface area contributed by atoms with Gasteiger partial charge in [0, 0.05) is 5.56 Å². The van der Waals surface area contributed by atoms with E-state index in [1.807, 2.05) is 62.4 Å². The Kier molecular flexibility index (Phi) is 5.09. The van der Waals surface area contributed by atoms with Crippen LogP contribution in [0.5, 0.6) is 5.75 Å². The van der Waals surface area contributed by atoms with E-state index in [1.54, 1.807) is 6.92 Å². The van der Waals surface area contributed by atoms with Crippen molar-refractivity contribution in [3.63, 3.8) is 0 Å². The van der Waals surface area contributed by atoms with Crippen LogP contribution in [0.1, 0.15) is 18.1 Å². The van der Waals surface area contributed by atoms with E-state index in [-0.39, 0.29) is 5.91 Å². The Hall–Kier alpha value is -2.73. The maximum absolute atomic E-state index is 12.4. The van der Waals surface area contributed by atoms with Crippen molar-refractivity contribution in [3.05, 3.63) is 59.7 Å². The van der Waals surface area contributed by atoms with Gasteiger partial charge in [-0.25, -0.2) is 0 Å². The molecule has 0 fully saturated rings. The van der Waals surface area contributed by atoms with E-state index < -0.39 is 6.10 Å². The van der Waals surface area contributed by atoms with E-state index in [0.717, 1.165) is 21.7 Å². The highest BCUT2D eigenvalue weighted by Crippen LogP contribution is 2.26. The third-order valence-corrected chi connectivity index (χ3v) is 4.79. The minimum atomic E-state index is -0.635. The molecule has 0 saturated carbocycles. The van der Waals surface area contributed by atoms with Crippen LogP contribution in [0.3, 0.4) is 0 Å². The number of anilines is 1. The molecule has 1 N–H and O–H groups in total. The summed E-state index contributed by atoms with van der Waals surface area (Å²) in [5.41, 5.74) is 3.13. The van der Waals surface area contributed by atoms with Gasteiger partial charge in [0.05, 0.1) is 0 Å². The first kappa shape index (κ1) is 17.1. The lowest BCUT2D eigenvalue weighted by molar-refractivity contribution is -0.122. The van der Waals surface area contributed by atoms with Crippen LogP contribution in [-0.4, -0.2) is 22.2 Å². The highest BCUT2D eigenvalue weighted by Gasteiger charge is 2.18. The molecule has 128 valence electrons. The second-order valence-electron chi connectivity index (χ2n) is 5.73. The monoisotopic (exact) mass is 353 g/mol.